The van der Waals surface area contributed by atoms with Crippen molar-refractivity contribution in [3.05, 3.63) is 46.7 Å². The first-order chi connectivity index (χ1) is 11.4. The molecular formula is C16H18ClN3O4. The van der Waals surface area contributed by atoms with Gasteiger partial charge in [-0.25, -0.2) is 9.48 Å². The van der Waals surface area contributed by atoms with Crippen molar-refractivity contribution >= 4 is 23.5 Å². The molecule has 1 aromatic heterocycles. The highest BCUT2D eigenvalue weighted by molar-refractivity contribution is 6.32. The van der Waals surface area contributed by atoms with Gasteiger partial charge in [0.1, 0.15) is 6.04 Å². The largest absolute Gasteiger partial charge is 0.480 e. The van der Waals surface area contributed by atoms with E-state index in [1.54, 1.807) is 35.9 Å². The van der Waals surface area contributed by atoms with E-state index in [4.69, 9.17) is 21.4 Å². The molecule has 0 aliphatic carbocycles. The Morgan fingerprint density at radius 2 is 2.12 bits per heavy atom. The molecule has 7 nitrogen and oxygen atoms in total. The van der Waals surface area contributed by atoms with E-state index in [0.29, 0.717) is 16.4 Å². The van der Waals surface area contributed by atoms with Crippen molar-refractivity contribution < 1.29 is 19.4 Å². The fraction of sp³-hybridized carbons (Fsp3) is 0.312. The molecule has 0 spiro atoms. The highest BCUT2D eigenvalue weighted by Crippen LogP contribution is 2.21. The molecule has 1 heterocycles. The van der Waals surface area contributed by atoms with Crippen LogP contribution in [0.1, 0.15) is 22.6 Å². The molecule has 24 heavy (non-hydrogen) atoms. The summed E-state index contributed by atoms with van der Waals surface area (Å²) in [4.78, 5) is 23.5. The Bertz CT molecular complexity index is 745. The summed E-state index contributed by atoms with van der Waals surface area (Å²) in [6, 6.07) is 7.65. The first kappa shape index (κ1) is 18.0. The number of para-hydroxylation sites is 1. The average Bonchev–Trinajstić information content (AvgIpc) is 2.93. The molecule has 0 aliphatic rings. The second kappa shape index (κ2) is 7.94. The molecule has 2 aromatic rings. The van der Waals surface area contributed by atoms with Crippen LogP contribution >= 0.6 is 11.6 Å². The number of carboxylic acids is 1. The topological polar surface area (TPSA) is 93.5 Å². The quantitative estimate of drug-likeness (QED) is 0.796. The van der Waals surface area contributed by atoms with Gasteiger partial charge in [-0.3, -0.25) is 4.79 Å². The molecule has 0 saturated carbocycles. The van der Waals surface area contributed by atoms with Crippen LogP contribution < -0.4 is 5.32 Å². The fourth-order valence-corrected chi connectivity index (χ4v) is 2.39. The van der Waals surface area contributed by atoms with Gasteiger partial charge in [0.2, 0.25) is 0 Å². The average molecular weight is 352 g/mol. The number of amides is 1. The van der Waals surface area contributed by atoms with Crippen molar-refractivity contribution in [2.24, 2.45) is 0 Å². The number of benzene rings is 1. The molecular weight excluding hydrogens is 334 g/mol. The summed E-state index contributed by atoms with van der Waals surface area (Å²) >= 11 is 6.15. The van der Waals surface area contributed by atoms with Crippen molar-refractivity contribution in [2.45, 2.75) is 19.4 Å². The minimum Gasteiger partial charge on any atom is -0.480 e. The summed E-state index contributed by atoms with van der Waals surface area (Å²) in [5.41, 5.74) is 1.47. The molecule has 1 aromatic carbocycles. The number of rotatable bonds is 7. The van der Waals surface area contributed by atoms with Crippen LogP contribution in [0.3, 0.4) is 0 Å². The van der Waals surface area contributed by atoms with Crippen LogP contribution in [0.4, 0.5) is 0 Å². The normalized spacial score (nSPS) is 12.0. The first-order valence-corrected chi connectivity index (χ1v) is 7.66. The Morgan fingerprint density at radius 1 is 1.42 bits per heavy atom. The smallest absolute Gasteiger partial charge is 0.326 e. The second-order valence-corrected chi connectivity index (χ2v) is 5.59. The number of aromatic nitrogens is 2. The summed E-state index contributed by atoms with van der Waals surface area (Å²) in [6.07, 6.45) is 0.168. The van der Waals surface area contributed by atoms with E-state index in [1.165, 1.54) is 7.11 Å². The van der Waals surface area contributed by atoms with Gasteiger partial charge in [0.25, 0.3) is 5.91 Å². The molecule has 2 rings (SSSR count). The fourth-order valence-electron chi connectivity index (χ4n) is 2.18. The van der Waals surface area contributed by atoms with Gasteiger partial charge in [-0.1, -0.05) is 23.7 Å². The van der Waals surface area contributed by atoms with Gasteiger partial charge in [-0.05, 0) is 25.1 Å². The number of ether oxygens (including phenoxy) is 1. The molecule has 2 N–H and O–H groups in total. The number of hydrogen-bond donors (Lipinski definition) is 2. The Morgan fingerprint density at radius 3 is 2.75 bits per heavy atom. The minimum atomic E-state index is -1.12. The molecule has 128 valence electrons. The summed E-state index contributed by atoms with van der Waals surface area (Å²) in [5, 5.41) is 16.3. The SMILES string of the molecule is COCCC(NC(=O)c1cc(C)n(-c2ccccc2Cl)n1)C(=O)O. The molecule has 1 unspecified atom stereocenters. The Kier molecular flexibility index (Phi) is 5.94. The first-order valence-electron chi connectivity index (χ1n) is 7.28. The third-order valence-electron chi connectivity index (χ3n) is 3.41. The molecule has 0 radical (unpaired) electrons. The van der Waals surface area contributed by atoms with Crippen molar-refractivity contribution in [3.63, 3.8) is 0 Å². The minimum absolute atomic E-state index is 0.121. The van der Waals surface area contributed by atoms with Gasteiger partial charge < -0.3 is 15.2 Å². The van der Waals surface area contributed by atoms with Gasteiger partial charge in [-0.2, -0.15) is 5.10 Å². The lowest BCUT2D eigenvalue weighted by molar-refractivity contribution is -0.139. The number of hydrogen-bond acceptors (Lipinski definition) is 4. The zero-order chi connectivity index (χ0) is 17.7. The van der Waals surface area contributed by atoms with Crippen LogP contribution in [0.5, 0.6) is 0 Å². The van der Waals surface area contributed by atoms with Crippen LogP contribution in [0.2, 0.25) is 5.02 Å². The van der Waals surface area contributed by atoms with Crippen molar-refractivity contribution in [2.75, 3.05) is 13.7 Å². The number of halogens is 1. The number of carbonyl (C=O) groups excluding carboxylic acids is 1. The Labute approximate surface area is 144 Å². The van der Waals surface area contributed by atoms with Crippen LogP contribution in [-0.4, -0.2) is 46.5 Å². The molecule has 0 fully saturated rings. The molecule has 0 aliphatic heterocycles. The van der Waals surface area contributed by atoms with Crippen molar-refractivity contribution in [3.8, 4) is 5.69 Å². The van der Waals surface area contributed by atoms with Crippen LogP contribution in [0, 0.1) is 6.92 Å². The molecule has 1 amide bonds. The maximum atomic E-state index is 12.3. The van der Waals surface area contributed by atoms with Gasteiger partial charge in [-0.15, -0.1) is 0 Å². The molecule has 0 saturated heterocycles. The molecule has 1 atom stereocenters. The number of methoxy groups -OCH3 is 1. The lowest BCUT2D eigenvalue weighted by atomic mass is 10.2. The van der Waals surface area contributed by atoms with E-state index in [1.807, 2.05) is 6.07 Å². The predicted octanol–water partition coefficient (Wildman–Crippen LogP) is 2.05. The second-order valence-electron chi connectivity index (χ2n) is 5.18. The number of nitrogens with zero attached hydrogens (tertiary/aromatic N) is 2. The summed E-state index contributed by atoms with van der Waals surface area (Å²) in [7, 11) is 1.47. The van der Waals surface area contributed by atoms with Gasteiger partial charge in [0.15, 0.2) is 5.69 Å². The maximum absolute atomic E-state index is 12.3. The third-order valence-corrected chi connectivity index (χ3v) is 3.73. The number of aliphatic carboxylic acids is 1. The van der Waals surface area contributed by atoms with E-state index in [-0.39, 0.29) is 18.7 Å². The van der Waals surface area contributed by atoms with E-state index < -0.39 is 17.9 Å². The highest BCUT2D eigenvalue weighted by Gasteiger charge is 2.22. The van der Waals surface area contributed by atoms with Crippen LogP contribution in [-0.2, 0) is 9.53 Å². The lowest BCUT2D eigenvalue weighted by Crippen LogP contribution is -2.41. The molecule has 0 bridgehead atoms. The predicted molar refractivity (Wildman–Crippen MR) is 88.7 cm³/mol. The van der Waals surface area contributed by atoms with E-state index in [0.717, 1.165) is 0 Å². The van der Waals surface area contributed by atoms with E-state index >= 15 is 0 Å². The van der Waals surface area contributed by atoms with Crippen LogP contribution in [0.25, 0.3) is 5.69 Å². The standard InChI is InChI=1S/C16H18ClN3O4/c1-10-9-13(15(21)18-12(16(22)23)7-8-24-2)19-20(10)14-6-4-3-5-11(14)17/h3-6,9,12H,7-8H2,1-2H3,(H,18,21)(H,22,23). The number of nitrogens with one attached hydrogen (secondary N) is 1. The Hall–Kier alpha value is -2.38. The van der Waals surface area contributed by atoms with Crippen molar-refractivity contribution in [1.82, 2.24) is 15.1 Å². The van der Waals surface area contributed by atoms with E-state index in [9.17, 15) is 9.59 Å². The number of aryl methyl sites for hydroxylation is 1. The lowest BCUT2D eigenvalue weighted by Gasteiger charge is -2.12. The molecule has 8 heteroatoms. The Balaban J connectivity index is 2.21. The highest BCUT2D eigenvalue weighted by atomic mass is 35.5. The van der Waals surface area contributed by atoms with Crippen LogP contribution in [0.15, 0.2) is 30.3 Å². The van der Waals surface area contributed by atoms with Gasteiger partial charge >= 0.3 is 5.97 Å². The number of carbonyl (C=O) groups is 2. The third kappa shape index (κ3) is 4.12. The summed E-state index contributed by atoms with van der Waals surface area (Å²) < 4.78 is 6.40. The van der Waals surface area contributed by atoms with Gasteiger partial charge in [0, 0.05) is 25.8 Å². The zero-order valence-corrected chi connectivity index (χ0v) is 14.1. The van der Waals surface area contributed by atoms with E-state index in [2.05, 4.69) is 10.4 Å². The maximum Gasteiger partial charge on any atom is 0.326 e. The van der Waals surface area contributed by atoms with Gasteiger partial charge in [0.05, 0.1) is 10.7 Å². The summed E-state index contributed by atoms with van der Waals surface area (Å²) in [6.45, 7) is 2.01. The zero-order valence-electron chi connectivity index (χ0n) is 13.3. The summed E-state index contributed by atoms with van der Waals surface area (Å²) in [5.74, 6) is -1.69. The van der Waals surface area contributed by atoms with Crippen molar-refractivity contribution in [1.29, 1.82) is 0 Å². The number of carboxylic acid groups (broad SMARTS) is 1. The monoisotopic (exact) mass is 351 g/mol.